The molecule has 3 rings (SSSR count). The molecule has 0 amide bonds. The molecule has 1 unspecified atom stereocenters. The highest BCUT2D eigenvalue weighted by atomic mass is 32.2. The van der Waals surface area contributed by atoms with Crippen molar-refractivity contribution < 1.29 is 13.2 Å². The number of benzene rings is 1. The molecule has 1 saturated heterocycles. The molecule has 1 atom stereocenters. The molecule has 10 heteroatoms. The average Bonchev–Trinajstić information content (AvgIpc) is 2.73. The number of morpholine rings is 1. The molecule has 158 valence electrons. The highest BCUT2D eigenvalue weighted by Crippen LogP contribution is 2.20. The number of nitrogens with zero attached hydrogens (tertiary/aromatic N) is 3. The van der Waals surface area contributed by atoms with Gasteiger partial charge in [-0.25, -0.2) is 17.9 Å². The standard InChI is InChI=1S/C19H26N4O5S/c1-21-14-17(18(24)22(2)19(21)25)29(26,27)20-16(15-6-4-3-5-7-15)8-9-23-10-12-28-13-11-23/h3-7,14,16,20H,8-13H2,1-2H3. The number of rotatable bonds is 7. The molecule has 0 saturated carbocycles. The van der Waals surface area contributed by atoms with E-state index in [2.05, 4.69) is 9.62 Å². The lowest BCUT2D eigenvalue weighted by molar-refractivity contribution is 0.0364. The van der Waals surface area contributed by atoms with Crippen LogP contribution in [0.15, 0.2) is 51.0 Å². The largest absolute Gasteiger partial charge is 0.379 e. The van der Waals surface area contributed by atoms with E-state index in [1.54, 1.807) is 0 Å². The molecule has 0 aliphatic carbocycles. The van der Waals surface area contributed by atoms with E-state index in [0.717, 1.165) is 34.0 Å². The number of sulfonamides is 1. The molecule has 2 aromatic rings. The lowest BCUT2D eigenvalue weighted by atomic mass is 10.0. The maximum atomic E-state index is 13.0. The zero-order valence-electron chi connectivity index (χ0n) is 16.6. The average molecular weight is 423 g/mol. The topological polar surface area (TPSA) is 103 Å². The minimum atomic E-state index is -4.14. The van der Waals surface area contributed by atoms with Gasteiger partial charge in [0.2, 0.25) is 10.0 Å². The van der Waals surface area contributed by atoms with Gasteiger partial charge in [-0.3, -0.25) is 14.3 Å². The molecular weight excluding hydrogens is 396 g/mol. The summed E-state index contributed by atoms with van der Waals surface area (Å²) in [6.07, 6.45) is 1.60. The van der Waals surface area contributed by atoms with Crippen LogP contribution in [0.25, 0.3) is 0 Å². The van der Waals surface area contributed by atoms with E-state index in [4.69, 9.17) is 4.74 Å². The zero-order chi connectivity index (χ0) is 21.0. The molecule has 0 radical (unpaired) electrons. The van der Waals surface area contributed by atoms with Crippen LogP contribution in [-0.2, 0) is 28.9 Å². The first kappa shape index (κ1) is 21.4. The Hall–Kier alpha value is -2.27. The Morgan fingerprint density at radius 2 is 1.76 bits per heavy atom. The lowest BCUT2D eigenvalue weighted by Gasteiger charge is -2.28. The summed E-state index contributed by atoms with van der Waals surface area (Å²) in [5.41, 5.74) is -0.618. The Balaban J connectivity index is 1.88. The predicted octanol–water partition coefficient (Wildman–Crippen LogP) is -0.174. The summed E-state index contributed by atoms with van der Waals surface area (Å²) in [7, 11) is -1.47. The van der Waals surface area contributed by atoms with Gasteiger partial charge in [0.05, 0.1) is 13.2 Å². The van der Waals surface area contributed by atoms with Crippen molar-refractivity contribution in [2.24, 2.45) is 14.1 Å². The SMILES string of the molecule is Cn1cc(S(=O)(=O)NC(CCN2CCOCC2)c2ccccc2)c(=O)n(C)c1=O. The van der Waals surface area contributed by atoms with Gasteiger partial charge in [-0.15, -0.1) is 0 Å². The second kappa shape index (κ2) is 9.04. The molecule has 0 spiro atoms. The predicted molar refractivity (Wildman–Crippen MR) is 108 cm³/mol. The van der Waals surface area contributed by atoms with E-state index >= 15 is 0 Å². The summed E-state index contributed by atoms with van der Waals surface area (Å²) in [5, 5.41) is 0. The molecule has 2 heterocycles. The van der Waals surface area contributed by atoms with Crippen molar-refractivity contribution in [1.82, 2.24) is 18.8 Å². The highest BCUT2D eigenvalue weighted by Gasteiger charge is 2.26. The van der Waals surface area contributed by atoms with Gasteiger partial charge < -0.3 is 9.30 Å². The number of nitrogens with one attached hydrogen (secondary N) is 1. The van der Waals surface area contributed by atoms with Gasteiger partial charge in [0.25, 0.3) is 5.56 Å². The minimum absolute atomic E-state index is 0.450. The van der Waals surface area contributed by atoms with Crippen molar-refractivity contribution >= 4 is 10.0 Å². The second-order valence-corrected chi connectivity index (χ2v) is 8.76. The van der Waals surface area contributed by atoms with Gasteiger partial charge in [0, 0.05) is 46.0 Å². The van der Waals surface area contributed by atoms with Gasteiger partial charge in [-0.05, 0) is 12.0 Å². The van der Waals surface area contributed by atoms with Gasteiger partial charge in [-0.1, -0.05) is 30.3 Å². The Morgan fingerprint density at radius 3 is 2.41 bits per heavy atom. The van der Waals surface area contributed by atoms with Crippen molar-refractivity contribution in [2.75, 3.05) is 32.8 Å². The summed E-state index contributed by atoms with van der Waals surface area (Å²) in [5.74, 6) is 0. The first-order chi connectivity index (χ1) is 13.8. The molecule has 1 aliphatic heterocycles. The first-order valence-corrected chi connectivity index (χ1v) is 10.9. The number of hydrogen-bond acceptors (Lipinski definition) is 6. The van der Waals surface area contributed by atoms with Crippen LogP contribution in [0.2, 0.25) is 0 Å². The van der Waals surface area contributed by atoms with E-state index in [1.165, 1.54) is 14.1 Å². The number of aromatic nitrogens is 2. The van der Waals surface area contributed by atoms with Crippen molar-refractivity contribution in [3.05, 3.63) is 62.9 Å². The molecule has 1 N–H and O–H groups in total. The zero-order valence-corrected chi connectivity index (χ0v) is 17.4. The van der Waals surface area contributed by atoms with Crippen LogP contribution in [-0.4, -0.2) is 55.3 Å². The summed E-state index contributed by atoms with van der Waals surface area (Å²) >= 11 is 0. The minimum Gasteiger partial charge on any atom is -0.379 e. The number of aryl methyl sites for hydroxylation is 1. The van der Waals surface area contributed by atoms with E-state index in [9.17, 15) is 18.0 Å². The van der Waals surface area contributed by atoms with Crippen LogP contribution in [0.1, 0.15) is 18.0 Å². The van der Waals surface area contributed by atoms with Crippen LogP contribution in [0.3, 0.4) is 0 Å². The van der Waals surface area contributed by atoms with Crippen LogP contribution in [0.5, 0.6) is 0 Å². The molecule has 1 aromatic carbocycles. The van der Waals surface area contributed by atoms with Crippen molar-refractivity contribution in [3.63, 3.8) is 0 Å². The second-order valence-electron chi connectivity index (χ2n) is 7.08. The summed E-state index contributed by atoms with van der Waals surface area (Å²) in [6.45, 7) is 3.62. The van der Waals surface area contributed by atoms with E-state index in [0.29, 0.717) is 26.2 Å². The molecule has 1 aliphatic rings. The smallest absolute Gasteiger partial charge is 0.330 e. The van der Waals surface area contributed by atoms with Gasteiger partial charge in [0.15, 0.2) is 4.90 Å². The Morgan fingerprint density at radius 1 is 1.10 bits per heavy atom. The third kappa shape index (κ3) is 5.02. The van der Waals surface area contributed by atoms with Crippen LogP contribution in [0.4, 0.5) is 0 Å². The molecule has 0 bridgehead atoms. The van der Waals surface area contributed by atoms with Gasteiger partial charge in [0.1, 0.15) is 0 Å². The van der Waals surface area contributed by atoms with E-state index < -0.39 is 32.2 Å². The number of hydrogen-bond donors (Lipinski definition) is 1. The molecule has 9 nitrogen and oxygen atoms in total. The van der Waals surface area contributed by atoms with Crippen molar-refractivity contribution in [3.8, 4) is 0 Å². The third-order valence-electron chi connectivity index (χ3n) is 5.04. The van der Waals surface area contributed by atoms with Crippen molar-refractivity contribution in [1.29, 1.82) is 0 Å². The van der Waals surface area contributed by atoms with Crippen LogP contribution >= 0.6 is 0 Å². The molecule has 1 aromatic heterocycles. The Bertz CT molecular complexity index is 1060. The maximum Gasteiger partial charge on any atom is 0.330 e. The van der Waals surface area contributed by atoms with Crippen LogP contribution in [0, 0.1) is 0 Å². The quantitative estimate of drug-likeness (QED) is 0.664. The fourth-order valence-electron chi connectivity index (χ4n) is 3.33. The summed E-state index contributed by atoms with van der Waals surface area (Å²) < 4.78 is 36.0. The van der Waals surface area contributed by atoms with Crippen molar-refractivity contribution in [2.45, 2.75) is 17.4 Å². The fraction of sp³-hybridized carbons (Fsp3) is 0.474. The van der Waals surface area contributed by atoms with E-state index in [-0.39, 0.29) is 0 Å². The normalized spacial score (nSPS) is 16.6. The monoisotopic (exact) mass is 422 g/mol. The fourth-order valence-corrected chi connectivity index (χ4v) is 4.74. The maximum absolute atomic E-state index is 13.0. The third-order valence-corrected chi connectivity index (χ3v) is 6.50. The summed E-state index contributed by atoms with van der Waals surface area (Å²) in [6, 6.07) is 8.75. The Kier molecular flexibility index (Phi) is 6.68. The van der Waals surface area contributed by atoms with Gasteiger partial charge in [-0.2, -0.15) is 0 Å². The number of ether oxygens (including phenoxy) is 1. The highest BCUT2D eigenvalue weighted by molar-refractivity contribution is 7.89. The van der Waals surface area contributed by atoms with Crippen LogP contribution < -0.4 is 16.0 Å². The van der Waals surface area contributed by atoms with Gasteiger partial charge >= 0.3 is 5.69 Å². The lowest BCUT2D eigenvalue weighted by Crippen LogP contribution is -2.43. The molecule has 29 heavy (non-hydrogen) atoms. The molecule has 1 fully saturated rings. The Labute approximate surface area is 169 Å². The summed E-state index contributed by atoms with van der Waals surface area (Å²) in [4.78, 5) is 26.1. The molecular formula is C19H26N4O5S. The van der Waals surface area contributed by atoms with E-state index in [1.807, 2.05) is 30.3 Å². The first-order valence-electron chi connectivity index (χ1n) is 9.43.